The number of hydrogen-bond acceptors (Lipinski definition) is 4. The van der Waals surface area contributed by atoms with Crippen molar-refractivity contribution < 1.29 is 13.6 Å². The first kappa shape index (κ1) is 20.5. The molecular weight excluding hydrogens is 402 g/mol. The fourth-order valence-corrected chi connectivity index (χ4v) is 4.09. The molecule has 1 aliphatic rings. The lowest BCUT2D eigenvalue weighted by atomic mass is 9.98. The van der Waals surface area contributed by atoms with Crippen molar-refractivity contribution in [3.8, 4) is 11.1 Å². The number of benzene rings is 1. The van der Waals surface area contributed by atoms with E-state index < -0.39 is 11.6 Å². The van der Waals surface area contributed by atoms with Crippen molar-refractivity contribution in [1.82, 2.24) is 9.55 Å². The van der Waals surface area contributed by atoms with Gasteiger partial charge in [-0.15, -0.1) is 0 Å². The first-order valence-corrected chi connectivity index (χ1v) is 9.72. The summed E-state index contributed by atoms with van der Waals surface area (Å²) < 4.78 is 29.0. The van der Waals surface area contributed by atoms with Gasteiger partial charge in [-0.05, 0) is 29.8 Å². The Hall–Kier alpha value is -3.75. The van der Waals surface area contributed by atoms with E-state index in [1.54, 1.807) is 19.3 Å². The minimum absolute atomic E-state index is 0.0658. The molecule has 0 aliphatic carbocycles. The van der Waals surface area contributed by atoms with E-state index in [9.17, 15) is 13.6 Å². The summed E-state index contributed by atoms with van der Waals surface area (Å²) in [7, 11) is 3.61. The highest BCUT2D eigenvalue weighted by atomic mass is 19.1. The maximum atomic E-state index is 13.6. The number of amides is 1. The minimum atomic E-state index is -0.659. The predicted molar refractivity (Wildman–Crippen MR) is 115 cm³/mol. The van der Waals surface area contributed by atoms with E-state index in [0.29, 0.717) is 29.3 Å². The number of anilines is 2. The average molecular weight is 424 g/mol. The summed E-state index contributed by atoms with van der Waals surface area (Å²) in [5.41, 5.74) is 8.32. The molecule has 7 nitrogen and oxygen atoms in total. The topological polar surface area (TPSA) is 100 Å². The van der Waals surface area contributed by atoms with E-state index in [1.807, 2.05) is 23.9 Å². The Bertz CT molecular complexity index is 1150. The highest BCUT2D eigenvalue weighted by Crippen LogP contribution is 2.34. The van der Waals surface area contributed by atoms with Crippen LogP contribution >= 0.6 is 0 Å². The van der Waals surface area contributed by atoms with Crippen LogP contribution < -0.4 is 16.0 Å². The van der Waals surface area contributed by atoms with E-state index in [-0.39, 0.29) is 24.1 Å². The standard InChI is InChI=1S/C22H22F2N6O/c1-27-22-20(21(25)26)17(11-29(22)2)12-3-4-18(28-9-12)30-10-14(7-19(30)31)13-5-15(23)8-16(24)6-13/h3-6,8-9,11,14,27H,7,10H2,1-2H3,(H3,25,26). The predicted octanol–water partition coefficient (Wildman–Crippen LogP) is 3.21. The van der Waals surface area contributed by atoms with Gasteiger partial charge in [0.25, 0.3) is 0 Å². The third-order valence-corrected chi connectivity index (χ3v) is 5.50. The molecule has 1 amide bonds. The van der Waals surface area contributed by atoms with E-state index in [2.05, 4.69) is 10.3 Å². The quantitative estimate of drug-likeness (QED) is 0.433. The van der Waals surface area contributed by atoms with Crippen LogP contribution in [-0.4, -0.2) is 34.9 Å². The number of nitrogen functional groups attached to an aromatic ring is 1. The molecule has 1 atom stereocenters. The van der Waals surface area contributed by atoms with Crippen molar-refractivity contribution in [3.05, 3.63) is 65.5 Å². The molecule has 0 radical (unpaired) electrons. The van der Waals surface area contributed by atoms with E-state index in [1.165, 1.54) is 17.0 Å². The molecule has 160 valence electrons. The van der Waals surface area contributed by atoms with Crippen molar-refractivity contribution in [1.29, 1.82) is 5.41 Å². The summed E-state index contributed by atoms with van der Waals surface area (Å²) in [4.78, 5) is 18.5. The maximum absolute atomic E-state index is 13.6. The lowest BCUT2D eigenvalue weighted by Crippen LogP contribution is -2.25. The van der Waals surface area contributed by atoms with Crippen LogP contribution in [0.15, 0.2) is 42.7 Å². The van der Waals surface area contributed by atoms with Crippen LogP contribution in [0.4, 0.5) is 20.4 Å². The number of hydrogen-bond donors (Lipinski definition) is 3. The Balaban J connectivity index is 1.61. The second kappa shape index (κ2) is 7.82. The molecule has 3 aromatic rings. The van der Waals surface area contributed by atoms with Crippen molar-refractivity contribution in [3.63, 3.8) is 0 Å². The van der Waals surface area contributed by atoms with Crippen LogP contribution in [0.1, 0.15) is 23.5 Å². The zero-order chi connectivity index (χ0) is 22.3. The van der Waals surface area contributed by atoms with Crippen molar-refractivity contribution in [2.45, 2.75) is 12.3 Å². The summed E-state index contributed by atoms with van der Waals surface area (Å²) in [6, 6.07) is 6.87. The van der Waals surface area contributed by atoms with E-state index in [0.717, 1.165) is 17.2 Å². The largest absolute Gasteiger partial charge is 0.384 e. The molecule has 1 aromatic carbocycles. The van der Waals surface area contributed by atoms with Gasteiger partial charge in [-0.1, -0.05) is 0 Å². The summed E-state index contributed by atoms with van der Waals surface area (Å²) in [5.74, 6) is -0.674. The number of aromatic nitrogens is 2. The molecule has 4 N–H and O–H groups in total. The monoisotopic (exact) mass is 424 g/mol. The van der Waals surface area contributed by atoms with Gasteiger partial charge in [0.2, 0.25) is 5.91 Å². The van der Waals surface area contributed by atoms with E-state index in [4.69, 9.17) is 11.1 Å². The Morgan fingerprint density at radius 2 is 1.97 bits per heavy atom. The third kappa shape index (κ3) is 3.74. The summed E-state index contributed by atoms with van der Waals surface area (Å²) in [6.07, 6.45) is 3.64. The molecule has 1 unspecified atom stereocenters. The normalized spacial score (nSPS) is 16.1. The van der Waals surface area contributed by atoms with E-state index >= 15 is 0 Å². The highest BCUT2D eigenvalue weighted by molar-refractivity contribution is 6.06. The fraction of sp³-hybridized carbons (Fsp3) is 0.227. The van der Waals surface area contributed by atoms with Gasteiger partial charge in [-0.25, -0.2) is 13.8 Å². The Labute approximate surface area is 178 Å². The zero-order valence-electron chi connectivity index (χ0n) is 17.1. The van der Waals surface area contributed by atoms with Gasteiger partial charge in [0.15, 0.2) is 0 Å². The van der Waals surface area contributed by atoms with Gasteiger partial charge in [0.05, 0.1) is 5.56 Å². The molecule has 0 bridgehead atoms. The molecule has 1 aliphatic heterocycles. The molecule has 0 saturated carbocycles. The molecule has 4 rings (SSSR count). The van der Waals surface area contributed by atoms with Crippen molar-refractivity contribution >= 4 is 23.4 Å². The fourth-order valence-electron chi connectivity index (χ4n) is 4.09. The van der Waals surface area contributed by atoms with Crippen LogP contribution in [0.3, 0.4) is 0 Å². The molecule has 31 heavy (non-hydrogen) atoms. The summed E-state index contributed by atoms with van der Waals surface area (Å²) in [5, 5.41) is 11.0. The smallest absolute Gasteiger partial charge is 0.228 e. The van der Waals surface area contributed by atoms with Gasteiger partial charge >= 0.3 is 0 Å². The number of nitrogens with zero attached hydrogens (tertiary/aromatic N) is 3. The number of aryl methyl sites for hydroxylation is 1. The molecule has 2 aromatic heterocycles. The number of halogens is 2. The SMILES string of the molecule is CNc1c(C(=N)N)c(-c2ccc(N3CC(c4cc(F)cc(F)c4)CC3=O)nc2)cn1C. The van der Waals surface area contributed by atoms with Crippen molar-refractivity contribution in [2.75, 3.05) is 23.8 Å². The maximum Gasteiger partial charge on any atom is 0.228 e. The molecule has 3 heterocycles. The molecule has 1 saturated heterocycles. The van der Waals surface area contributed by atoms with Crippen LogP contribution in [-0.2, 0) is 11.8 Å². The Morgan fingerprint density at radius 1 is 1.26 bits per heavy atom. The zero-order valence-corrected chi connectivity index (χ0v) is 17.1. The van der Waals surface area contributed by atoms with Gasteiger partial charge in [0, 0.05) is 62.6 Å². The number of rotatable bonds is 5. The molecule has 0 spiro atoms. The lowest BCUT2D eigenvalue weighted by Gasteiger charge is -2.16. The Kier molecular flexibility index (Phi) is 5.18. The second-order valence-electron chi connectivity index (χ2n) is 7.55. The van der Waals surface area contributed by atoms with Crippen LogP contribution in [0.25, 0.3) is 11.1 Å². The molecule has 1 fully saturated rings. The summed E-state index contributed by atoms with van der Waals surface area (Å²) >= 11 is 0. The van der Waals surface area contributed by atoms with Gasteiger partial charge in [-0.3, -0.25) is 15.1 Å². The first-order valence-electron chi connectivity index (χ1n) is 9.72. The van der Waals surface area contributed by atoms with Crippen molar-refractivity contribution in [2.24, 2.45) is 12.8 Å². The molecular formula is C22H22F2N6O. The van der Waals surface area contributed by atoms with Gasteiger partial charge < -0.3 is 15.6 Å². The lowest BCUT2D eigenvalue weighted by molar-refractivity contribution is -0.117. The van der Waals surface area contributed by atoms with Gasteiger partial charge in [0.1, 0.15) is 29.1 Å². The van der Waals surface area contributed by atoms with Gasteiger partial charge in [-0.2, -0.15) is 0 Å². The first-order chi connectivity index (χ1) is 14.8. The average Bonchev–Trinajstić information content (AvgIpc) is 3.27. The second-order valence-corrected chi connectivity index (χ2v) is 7.55. The molecule has 9 heteroatoms. The number of carbonyl (C=O) groups is 1. The number of nitrogens with two attached hydrogens (primary N) is 1. The third-order valence-electron chi connectivity index (χ3n) is 5.50. The summed E-state index contributed by atoms with van der Waals surface area (Å²) in [6.45, 7) is 0.294. The van der Waals surface area contributed by atoms with Crippen LogP contribution in [0, 0.1) is 17.0 Å². The number of nitrogens with one attached hydrogen (secondary N) is 2. The van der Waals surface area contributed by atoms with Crippen LogP contribution in [0.2, 0.25) is 0 Å². The van der Waals surface area contributed by atoms with Crippen LogP contribution in [0.5, 0.6) is 0 Å². The number of pyridine rings is 1. The number of amidine groups is 1. The Morgan fingerprint density at radius 3 is 2.55 bits per heavy atom. The minimum Gasteiger partial charge on any atom is -0.384 e. The highest BCUT2D eigenvalue weighted by Gasteiger charge is 2.33. The number of carbonyl (C=O) groups excluding carboxylic acids is 1.